The van der Waals surface area contributed by atoms with Crippen molar-refractivity contribution in [1.29, 1.82) is 0 Å². The molecule has 0 saturated carbocycles. The first-order chi connectivity index (χ1) is 13.6. The Labute approximate surface area is 169 Å². The van der Waals surface area contributed by atoms with Crippen LogP contribution < -0.4 is 0 Å². The zero-order valence-electron chi connectivity index (χ0n) is 17.4. The Hall–Kier alpha value is -2.39. The van der Waals surface area contributed by atoms with Crippen LogP contribution in [0.25, 0.3) is 5.52 Å². The minimum atomic E-state index is 0.0911. The fraction of sp³-hybridized carbons (Fsp3) is 0.400. The highest BCUT2D eigenvalue weighted by atomic mass is 16.1. The molecule has 148 valence electrons. The van der Waals surface area contributed by atoms with E-state index < -0.39 is 0 Å². The van der Waals surface area contributed by atoms with Gasteiger partial charge in [0.25, 0.3) is 0 Å². The number of hydrogen-bond donors (Lipinski definition) is 0. The van der Waals surface area contributed by atoms with E-state index in [4.69, 9.17) is 0 Å². The Kier molecular flexibility index (Phi) is 7.05. The summed E-state index contributed by atoms with van der Waals surface area (Å²) >= 11 is 0. The Morgan fingerprint density at radius 2 is 1.79 bits per heavy atom. The zero-order chi connectivity index (χ0) is 19.9. The third kappa shape index (κ3) is 4.71. The maximum Gasteiger partial charge on any atom is 0.210 e. The molecule has 0 aliphatic carbocycles. The van der Waals surface area contributed by atoms with E-state index in [1.165, 1.54) is 37.9 Å². The van der Waals surface area contributed by atoms with Gasteiger partial charge in [-0.15, -0.1) is 0 Å². The standard InChI is InChI=1S/C25H32N2O/c1-4-16-26(5-2)17-8-6-10-21-12-14-22(15-13-21)25(28)24-20(3)19-23-11-7-9-18-27(23)24/h7,9,11-15,18-19H,4-6,8,10,16-17H2,1-3H3. The lowest BCUT2D eigenvalue weighted by Crippen LogP contribution is -2.25. The summed E-state index contributed by atoms with van der Waals surface area (Å²) in [5.74, 6) is 0.0911. The number of rotatable bonds is 10. The number of benzene rings is 1. The summed E-state index contributed by atoms with van der Waals surface area (Å²) in [7, 11) is 0. The van der Waals surface area contributed by atoms with E-state index in [0.717, 1.165) is 35.3 Å². The van der Waals surface area contributed by atoms with Crippen LogP contribution in [-0.4, -0.2) is 34.7 Å². The van der Waals surface area contributed by atoms with E-state index >= 15 is 0 Å². The molecule has 3 nitrogen and oxygen atoms in total. The van der Waals surface area contributed by atoms with Crippen LogP contribution in [0.5, 0.6) is 0 Å². The predicted molar refractivity (Wildman–Crippen MR) is 117 cm³/mol. The van der Waals surface area contributed by atoms with Crippen LogP contribution in [0.15, 0.2) is 54.7 Å². The van der Waals surface area contributed by atoms with Gasteiger partial charge in [0.1, 0.15) is 0 Å². The molecular formula is C25H32N2O. The fourth-order valence-corrected chi connectivity index (χ4v) is 3.91. The quantitative estimate of drug-likeness (QED) is 0.343. The molecule has 0 saturated heterocycles. The molecule has 0 aliphatic rings. The molecule has 0 radical (unpaired) electrons. The van der Waals surface area contributed by atoms with Crippen molar-refractivity contribution in [3.63, 3.8) is 0 Å². The van der Waals surface area contributed by atoms with Gasteiger partial charge in [0.05, 0.1) is 5.69 Å². The molecule has 28 heavy (non-hydrogen) atoms. The summed E-state index contributed by atoms with van der Waals surface area (Å²) in [6.45, 7) is 10.00. The number of pyridine rings is 1. The van der Waals surface area contributed by atoms with E-state index in [9.17, 15) is 4.79 Å². The molecule has 3 heteroatoms. The van der Waals surface area contributed by atoms with E-state index in [2.05, 4.69) is 36.9 Å². The van der Waals surface area contributed by atoms with Gasteiger partial charge in [0, 0.05) is 17.3 Å². The van der Waals surface area contributed by atoms with Gasteiger partial charge in [-0.25, -0.2) is 0 Å². The Balaban J connectivity index is 1.61. The summed E-state index contributed by atoms with van der Waals surface area (Å²) in [5, 5.41) is 0. The molecule has 0 amide bonds. The van der Waals surface area contributed by atoms with Crippen molar-refractivity contribution >= 4 is 11.3 Å². The lowest BCUT2D eigenvalue weighted by Gasteiger charge is -2.19. The third-order valence-electron chi connectivity index (χ3n) is 5.48. The van der Waals surface area contributed by atoms with Crippen LogP contribution in [-0.2, 0) is 6.42 Å². The van der Waals surface area contributed by atoms with E-state index in [-0.39, 0.29) is 5.78 Å². The van der Waals surface area contributed by atoms with Crippen LogP contribution in [0.1, 0.15) is 60.3 Å². The number of carbonyl (C=O) groups is 1. The second-order valence-corrected chi connectivity index (χ2v) is 7.59. The first-order valence-corrected chi connectivity index (χ1v) is 10.6. The first kappa shape index (κ1) is 20.3. The minimum absolute atomic E-state index is 0.0911. The number of ketones is 1. The molecule has 0 unspecified atom stereocenters. The van der Waals surface area contributed by atoms with Crippen molar-refractivity contribution in [3.05, 3.63) is 77.1 Å². The van der Waals surface area contributed by atoms with Gasteiger partial charge in [-0.1, -0.05) is 44.2 Å². The smallest absolute Gasteiger partial charge is 0.210 e. The Bertz CT molecular complexity index is 908. The second kappa shape index (κ2) is 9.70. The second-order valence-electron chi connectivity index (χ2n) is 7.59. The SMILES string of the molecule is CCCN(CC)CCCCc1ccc(C(=O)c2c(C)cc3ccccn23)cc1. The number of carbonyl (C=O) groups excluding carboxylic acids is 1. The number of aryl methyl sites for hydroxylation is 2. The van der Waals surface area contributed by atoms with Crippen LogP contribution in [0.4, 0.5) is 0 Å². The minimum Gasteiger partial charge on any atom is -0.313 e. The predicted octanol–water partition coefficient (Wildman–Crippen LogP) is 5.53. The van der Waals surface area contributed by atoms with Crippen LogP contribution in [0.3, 0.4) is 0 Å². The van der Waals surface area contributed by atoms with Gasteiger partial charge in [0.15, 0.2) is 0 Å². The average Bonchev–Trinajstić information content (AvgIpc) is 3.06. The molecule has 0 atom stereocenters. The first-order valence-electron chi connectivity index (χ1n) is 10.6. The lowest BCUT2D eigenvalue weighted by atomic mass is 10.0. The van der Waals surface area contributed by atoms with Gasteiger partial charge < -0.3 is 9.30 Å². The molecule has 0 N–H and O–H groups in total. The van der Waals surface area contributed by atoms with Gasteiger partial charge in [-0.3, -0.25) is 4.79 Å². The highest BCUT2D eigenvalue weighted by molar-refractivity contribution is 6.09. The fourth-order valence-electron chi connectivity index (χ4n) is 3.91. The molecule has 0 aliphatic heterocycles. The molecule has 0 spiro atoms. The third-order valence-corrected chi connectivity index (χ3v) is 5.48. The monoisotopic (exact) mass is 376 g/mol. The van der Waals surface area contributed by atoms with Gasteiger partial charge in [0.2, 0.25) is 5.78 Å². The molecule has 0 bridgehead atoms. The molecule has 3 rings (SSSR count). The normalized spacial score (nSPS) is 11.4. The average molecular weight is 377 g/mol. The highest BCUT2D eigenvalue weighted by Gasteiger charge is 2.16. The number of fused-ring (bicyclic) bond motifs is 1. The largest absolute Gasteiger partial charge is 0.313 e. The molecule has 1 aromatic carbocycles. The summed E-state index contributed by atoms with van der Waals surface area (Å²) in [6.07, 6.45) is 6.67. The van der Waals surface area contributed by atoms with E-state index in [1.807, 2.05) is 47.9 Å². The van der Waals surface area contributed by atoms with E-state index in [0.29, 0.717) is 0 Å². The summed E-state index contributed by atoms with van der Waals surface area (Å²) in [4.78, 5) is 15.6. The maximum atomic E-state index is 13.1. The van der Waals surface area contributed by atoms with Crippen molar-refractivity contribution in [1.82, 2.24) is 9.30 Å². The van der Waals surface area contributed by atoms with Crippen molar-refractivity contribution in [2.45, 2.75) is 46.5 Å². The summed E-state index contributed by atoms with van der Waals surface area (Å²) in [6, 6.07) is 16.3. The summed E-state index contributed by atoms with van der Waals surface area (Å²) < 4.78 is 1.99. The number of hydrogen-bond acceptors (Lipinski definition) is 2. The Morgan fingerprint density at radius 3 is 2.50 bits per heavy atom. The molecule has 2 aromatic heterocycles. The summed E-state index contributed by atoms with van der Waals surface area (Å²) in [5.41, 5.74) is 4.92. The van der Waals surface area contributed by atoms with Crippen LogP contribution >= 0.6 is 0 Å². The molecular weight excluding hydrogens is 344 g/mol. The van der Waals surface area contributed by atoms with Crippen LogP contribution in [0, 0.1) is 6.92 Å². The van der Waals surface area contributed by atoms with Crippen molar-refractivity contribution in [2.24, 2.45) is 0 Å². The van der Waals surface area contributed by atoms with Gasteiger partial charge in [-0.05, 0) is 81.6 Å². The number of unbranched alkanes of at least 4 members (excludes halogenated alkanes) is 1. The van der Waals surface area contributed by atoms with Gasteiger partial charge >= 0.3 is 0 Å². The lowest BCUT2D eigenvalue weighted by molar-refractivity contribution is 0.103. The van der Waals surface area contributed by atoms with E-state index in [1.54, 1.807) is 0 Å². The molecule has 2 heterocycles. The number of aromatic nitrogens is 1. The van der Waals surface area contributed by atoms with Crippen molar-refractivity contribution < 1.29 is 4.79 Å². The van der Waals surface area contributed by atoms with Gasteiger partial charge in [-0.2, -0.15) is 0 Å². The van der Waals surface area contributed by atoms with Crippen LogP contribution in [0.2, 0.25) is 0 Å². The zero-order valence-corrected chi connectivity index (χ0v) is 17.4. The molecule has 3 aromatic rings. The highest BCUT2D eigenvalue weighted by Crippen LogP contribution is 2.20. The maximum absolute atomic E-state index is 13.1. The molecule has 0 fully saturated rings. The number of nitrogens with zero attached hydrogens (tertiary/aromatic N) is 2. The van der Waals surface area contributed by atoms with Crippen molar-refractivity contribution in [2.75, 3.05) is 19.6 Å². The topological polar surface area (TPSA) is 24.7 Å². The Morgan fingerprint density at radius 1 is 1.00 bits per heavy atom. The van der Waals surface area contributed by atoms with Crippen molar-refractivity contribution in [3.8, 4) is 0 Å².